The van der Waals surface area contributed by atoms with Crippen molar-refractivity contribution in [2.24, 2.45) is 0 Å². The van der Waals surface area contributed by atoms with Crippen LogP contribution in [0.2, 0.25) is 0 Å². The smallest absolute Gasteiger partial charge is 0.478 e. The highest BCUT2D eigenvalue weighted by Crippen LogP contribution is 2.05. The summed E-state index contributed by atoms with van der Waals surface area (Å²) in [7, 11) is -4.39. The Balaban J connectivity index is 2.33. The van der Waals surface area contributed by atoms with E-state index in [0.29, 0.717) is 6.42 Å². The molecule has 0 fully saturated rings. The third-order valence-electron chi connectivity index (χ3n) is 2.14. The Bertz CT molecular complexity index is 575. The largest absolute Gasteiger partial charge is 0.509 e. The van der Waals surface area contributed by atoms with E-state index in [1.54, 1.807) is 12.1 Å². The highest BCUT2D eigenvalue weighted by atomic mass is 32.2. The Labute approximate surface area is 114 Å². The van der Waals surface area contributed by atoms with Crippen molar-refractivity contribution in [1.29, 1.82) is 0 Å². The van der Waals surface area contributed by atoms with E-state index < -0.39 is 28.2 Å². The fourth-order valence-electron chi connectivity index (χ4n) is 1.23. The van der Waals surface area contributed by atoms with Crippen LogP contribution in [-0.2, 0) is 26.0 Å². The normalized spacial score (nSPS) is 10.8. The van der Waals surface area contributed by atoms with Crippen LogP contribution in [0.15, 0.2) is 24.3 Å². The molecule has 0 atom stereocenters. The third-order valence-corrected chi connectivity index (χ3v) is 2.55. The topological polar surface area (TPSA) is 127 Å². The van der Waals surface area contributed by atoms with E-state index in [9.17, 15) is 18.0 Å². The Morgan fingerprint density at radius 1 is 1.10 bits per heavy atom. The number of carbonyl (C=O) groups excluding carboxylic acids is 1. The van der Waals surface area contributed by atoms with E-state index >= 15 is 0 Å². The number of benzene rings is 1. The molecule has 0 spiro atoms. The SMILES string of the molecule is O=C(OCCc1ccc(C(=O)O)cc1)OCS(=O)(=O)O. The van der Waals surface area contributed by atoms with Gasteiger partial charge < -0.3 is 14.6 Å². The van der Waals surface area contributed by atoms with E-state index in [0.717, 1.165) is 5.56 Å². The van der Waals surface area contributed by atoms with E-state index in [1.807, 2.05) is 0 Å². The predicted octanol–water partition coefficient (Wildman–Crippen LogP) is 0.926. The summed E-state index contributed by atoms with van der Waals surface area (Å²) in [6, 6.07) is 5.95. The van der Waals surface area contributed by atoms with Gasteiger partial charge >= 0.3 is 22.2 Å². The van der Waals surface area contributed by atoms with Crippen LogP contribution in [0.1, 0.15) is 15.9 Å². The van der Waals surface area contributed by atoms with Gasteiger partial charge in [-0.2, -0.15) is 8.42 Å². The summed E-state index contributed by atoms with van der Waals surface area (Å²) in [5.74, 6) is -2.21. The molecule has 0 bridgehead atoms. The van der Waals surface area contributed by atoms with Gasteiger partial charge in [0.1, 0.15) is 0 Å². The van der Waals surface area contributed by atoms with Gasteiger partial charge in [0.15, 0.2) is 0 Å². The summed E-state index contributed by atoms with van der Waals surface area (Å²) < 4.78 is 37.6. The summed E-state index contributed by atoms with van der Waals surface area (Å²) in [5, 5.41) is 8.69. The number of carbonyl (C=O) groups is 2. The molecule has 110 valence electrons. The highest BCUT2D eigenvalue weighted by molar-refractivity contribution is 7.85. The van der Waals surface area contributed by atoms with Crippen LogP contribution >= 0.6 is 0 Å². The van der Waals surface area contributed by atoms with E-state index in [1.165, 1.54) is 12.1 Å². The van der Waals surface area contributed by atoms with Crippen molar-refractivity contribution < 1.29 is 37.1 Å². The average molecular weight is 304 g/mol. The summed E-state index contributed by atoms with van der Waals surface area (Å²) in [6.45, 7) is -0.0727. The quantitative estimate of drug-likeness (QED) is 0.586. The number of carboxylic acids is 1. The van der Waals surface area contributed by atoms with Gasteiger partial charge in [-0.25, -0.2) is 9.59 Å². The fraction of sp³-hybridized carbons (Fsp3) is 0.273. The van der Waals surface area contributed by atoms with Crippen LogP contribution in [-0.4, -0.2) is 42.7 Å². The van der Waals surface area contributed by atoms with Gasteiger partial charge in [-0.3, -0.25) is 4.55 Å². The first-order valence-electron chi connectivity index (χ1n) is 5.35. The highest BCUT2D eigenvalue weighted by Gasteiger charge is 2.11. The lowest BCUT2D eigenvalue weighted by atomic mass is 10.1. The zero-order valence-corrected chi connectivity index (χ0v) is 11.0. The maximum atomic E-state index is 10.9. The predicted molar refractivity (Wildman–Crippen MR) is 66.0 cm³/mol. The van der Waals surface area contributed by atoms with Gasteiger partial charge in [0.05, 0.1) is 12.2 Å². The standard InChI is InChI=1S/C11H12O8S/c12-10(13)9-3-1-8(2-4-9)5-6-18-11(14)19-7-20(15,16)17/h1-4H,5-7H2,(H,12,13)(H,15,16,17). The molecule has 1 aromatic carbocycles. The molecule has 9 heteroatoms. The molecule has 20 heavy (non-hydrogen) atoms. The molecule has 0 saturated carbocycles. The Hall–Kier alpha value is -2.13. The zero-order valence-electron chi connectivity index (χ0n) is 10.2. The van der Waals surface area contributed by atoms with Crippen molar-refractivity contribution in [2.75, 3.05) is 12.5 Å². The maximum Gasteiger partial charge on any atom is 0.509 e. The first-order valence-corrected chi connectivity index (χ1v) is 6.96. The molecular formula is C11H12O8S. The first kappa shape index (κ1) is 15.9. The molecule has 0 heterocycles. The van der Waals surface area contributed by atoms with Crippen LogP contribution < -0.4 is 0 Å². The summed E-state index contributed by atoms with van der Waals surface area (Å²) in [6.07, 6.45) is -0.911. The van der Waals surface area contributed by atoms with Crippen molar-refractivity contribution in [3.8, 4) is 0 Å². The lowest BCUT2D eigenvalue weighted by Gasteiger charge is -2.05. The van der Waals surface area contributed by atoms with Gasteiger partial charge in [-0.1, -0.05) is 12.1 Å². The molecule has 1 aromatic rings. The zero-order chi connectivity index (χ0) is 15.2. The number of rotatable bonds is 6. The lowest BCUT2D eigenvalue weighted by Crippen LogP contribution is -2.15. The molecule has 0 saturated heterocycles. The Morgan fingerprint density at radius 3 is 2.20 bits per heavy atom. The molecule has 0 aliphatic heterocycles. The van der Waals surface area contributed by atoms with E-state index in [-0.39, 0.29) is 12.2 Å². The van der Waals surface area contributed by atoms with Crippen LogP contribution in [0.4, 0.5) is 4.79 Å². The van der Waals surface area contributed by atoms with Crippen molar-refractivity contribution in [2.45, 2.75) is 6.42 Å². The molecule has 0 aromatic heterocycles. The number of carboxylic acid groups (broad SMARTS) is 1. The van der Waals surface area contributed by atoms with Crippen molar-refractivity contribution >= 4 is 22.2 Å². The van der Waals surface area contributed by atoms with Gasteiger partial charge in [-0.15, -0.1) is 0 Å². The van der Waals surface area contributed by atoms with Crippen LogP contribution in [0.3, 0.4) is 0 Å². The summed E-state index contributed by atoms with van der Waals surface area (Å²) in [5.41, 5.74) is 0.875. The van der Waals surface area contributed by atoms with E-state index in [2.05, 4.69) is 9.47 Å². The summed E-state index contributed by atoms with van der Waals surface area (Å²) >= 11 is 0. The minimum atomic E-state index is -4.39. The van der Waals surface area contributed by atoms with Crippen LogP contribution in [0.25, 0.3) is 0 Å². The lowest BCUT2D eigenvalue weighted by molar-refractivity contribution is 0.0668. The average Bonchev–Trinajstić information content (AvgIpc) is 2.36. The second-order valence-corrected chi connectivity index (χ2v) is 5.09. The molecule has 2 N–H and O–H groups in total. The molecule has 0 amide bonds. The third kappa shape index (κ3) is 6.16. The second-order valence-electron chi connectivity index (χ2n) is 3.69. The Kier molecular flexibility index (Phi) is 5.47. The molecule has 0 radical (unpaired) electrons. The molecule has 0 unspecified atom stereocenters. The number of aromatic carboxylic acids is 1. The van der Waals surface area contributed by atoms with Gasteiger partial charge in [0.2, 0.25) is 5.94 Å². The Morgan fingerprint density at radius 2 is 1.70 bits per heavy atom. The van der Waals surface area contributed by atoms with Gasteiger partial charge in [0, 0.05) is 6.42 Å². The molecule has 0 aliphatic rings. The number of hydrogen-bond donors (Lipinski definition) is 2. The minimum absolute atomic E-state index is 0.0727. The molecule has 0 aliphatic carbocycles. The number of ether oxygens (including phenoxy) is 2. The van der Waals surface area contributed by atoms with Crippen LogP contribution in [0.5, 0.6) is 0 Å². The minimum Gasteiger partial charge on any atom is -0.478 e. The first-order chi connectivity index (χ1) is 9.28. The van der Waals surface area contributed by atoms with Crippen LogP contribution in [0, 0.1) is 0 Å². The summed E-state index contributed by atoms with van der Waals surface area (Å²) in [4.78, 5) is 21.5. The van der Waals surface area contributed by atoms with E-state index in [4.69, 9.17) is 9.66 Å². The molecule has 8 nitrogen and oxygen atoms in total. The van der Waals surface area contributed by atoms with Crippen molar-refractivity contribution in [3.05, 3.63) is 35.4 Å². The van der Waals surface area contributed by atoms with Gasteiger partial charge in [-0.05, 0) is 17.7 Å². The van der Waals surface area contributed by atoms with Gasteiger partial charge in [0.25, 0.3) is 0 Å². The monoisotopic (exact) mass is 304 g/mol. The maximum absolute atomic E-state index is 10.9. The molecular weight excluding hydrogens is 292 g/mol. The second kappa shape index (κ2) is 6.87. The van der Waals surface area contributed by atoms with Crippen molar-refractivity contribution in [3.63, 3.8) is 0 Å². The molecule has 1 rings (SSSR count). The fourth-order valence-corrected chi connectivity index (χ4v) is 1.48. The van der Waals surface area contributed by atoms with Crippen molar-refractivity contribution in [1.82, 2.24) is 0 Å². The number of hydrogen-bond acceptors (Lipinski definition) is 6.